The van der Waals surface area contributed by atoms with E-state index < -0.39 is 11.9 Å². The average molecular weight is 464 g/mol. The minimum absolute atomic E-state index is 0.392. The summed E-state index contributed by atoms with van der Waals surface area (Å²) in [6.07, 6.45) is 4.05. The summed E-state index contributed by atoms with van der Waals surface area (Å²) in [4.78, 5) is 10.3. The van der Waals surface area contributed by atoms with Crippen molar-refractivity contribution in [2.24, 2.45) is 0 Å². The fourth-order valence-electron chi connectivity index (χ4n) is 4.20. The zero-order chi connectivity index (χ0) is 23.7. The monoisotopic (exact) mass is 464 g/mol. The van der Waals surface area contributed by atoms with E-state index in [9.17, 15) is 13.2 Å². The summed E-state index contributed by atoms with van der Waals surface area (Å²) in [7, 11) is 0. The quantitative estimate of drug-likeness (QED) is 0.373. The Labute approximate surface area is 194 Å². The van der Waals surface area contributed by atoms with Gasteiger partial charge in [-0.2, -0.15) is 18.3 Å². The molecule has 3 aromatic heterocycles. The molecule has 34 heavy (non-hydrogen) atoms. The van der Waals surface area contributed by atoms with E-state index in [1.165, 1.54) is 25.3 Å². The third kappa shape index (κ3) is 4.46. The van der Waals surface area contributed by atoms with Crippen LogP contribution in [0.5, 0.6) is 0 Å². The Morgan fingerprint density at radius 1 is 0.971 bits per heavy atom. The average Bonchev–Trinajstić information content (AvgIpc) is 3.28. The molecule has 1 aromatic carbocycles. The number of anilines is 2. The third-order valence-corrected chi connectivity index (χ3v) is 5.98. The van der Waals surface area contributed by atoms with Crippen molar-refractivity contribution in [3.05, 3.63) is 73.0 Å². The lowest BCUT2D eigenvalue weighted by Gasteiger charge is -2.28. The molecule has 1 aliphatic rings. The highest BCUT2D eigenvalue weighted by molar-refractivity contribution is 5.95. The Hall–Kier alpha value is -3.88. The van der Waals surface area contributed by atoms with Gasteiger partial charge in [-0.25, -0.2) is 4.98 Å². The minimum atomic E-state index is -4.48. The fourth-order valence-corrected chi connectivity index (χ4v) is 4.20. The maximum Gasteiger partial charge on any atom is 0.433 e. The predicted octanol–water partition coefficient (Wildman–Crippen LogP) is 6.11. The summed E-state index contributed by atoms with van der Waals surface area (Å²) in [6.45, 7) is 6.11. The van der Waals surface area contributed by atoms with Crippen LogP contribution in [-0.4, -0.2) is 33.3 Å². The first-order valence-electron chi connectivity index (χ1n) is 11.1. The lowest BCUT2D eigenvalue weighted by atomic mass is 10.0. The Bertz CT molecular complexity index is 1320. The molecule has 0 saturated carbocycles. The first-order valence-corrected chi connectivity index (χ1v) is 11.1. The second-order valence-corrected chi connectivity index (χ2v) is 8.35. The van der Waals surface area contributed by atoms with E-state index in [0.29, 0.717) is 17.1 Å². The topological polar surface area (TPSA) is 69.7 Å². The standard InChI is InChI=1S/C25H23F3N6/c1-16(31-19-6-8-23(30-14-19)25(26,27)28)24-21-12-17(5-7-22(21)32-33-24)18-11-20(15-29-13-18)34-9-3-2-4-10-34/h5-8,11-15,31H,1-4,9-10H2,(H,32,33). The van der Waals surface area contributed by atoms with Gasteiger partial charge in [0.15, 0.2) is 0 Å². The van der Waals surface area contributed by atoms with Gasteiger partial charge in [-0.15, -0.1) is 0 Å². The van der Waals surface area contributed by atoms with Crippen LogP contribution in [-0.2, 0) is 6.18 Å². The number of nitrogens with one attached hydrogen (secondary N) is 2. The SMILES string of the molecule is C=C(Nc1ccc(C(F)(F)F)nc1)c1n[nH]c2ccc(-c3cncc(N4CCCCC4)c3)cc12. The molecule has 1 fully saturated rings. The number of rotatable bonds is 5. The molecule has 5 rings (SSSR count). The summed E-state index contributed by atoms with van der Waals surface area (Å²) < 4.78 is 38.3. The van der Waals surface area contributed by atoms with Crippen molar-refractivity contribution < 1.29 is 13.2 Å². The van der Waals surface area contributed by atoms with Gasteiger partial charge < -0.3 is 10.2 Å². The number of pyridine rings is 2. The van der Waals surface area contributed by atoms with Crippen molar-refractivity contribution in [1.82, 2.24) is 20.2 Å². The van der Waals surface area contributed by atoms with Crippen molar-refractivity contribution in [2.75, 3.05) is 23.3 Å². The highest BCUT2D eigenvalue weighted by atomic mass is 19.4. The second kappa shape index (κ2) is 8.81. The molecule has 174 valence electrons. The molecule has 0 amide bonds. The molecule has 0 spiro atoms. The molecular formula is C25H23F3N6. The van der Waals surface area contributed by atoms with Crippen LogP contribution in [0, 0.1) is 0 Å². The van der Waals surface area contributed by atoms with Gasteiger partial charge >= 0.3 is 6.18 Å². The number of hydrogen-bond donors (Lipinski definition) is 2. The highest BCUT2D eigenvalue weighted by Gasteiger charge is 2.32. The van der Waals surface area contributed by atoms with Crippen molar-refractivity contribution >= 4 is 28.0 Å². The predicted molar refractivity (Wildman–Crippen MR) is 127 cm³/mol. The van der Waals surface area contributed by atoms with Crippen LogP contribution in [0.4, 0.5) is 24.5 Å². The molecular weight excluding hydrogens is 441 g/mol. The van der Waals surface area contributed by atoms with Crippen LogP contribution >= 0.6 is 0 Å². The zero-order valence-corrected chi connectivity index (χ0v) is 18.4. The van der Waals surface area contributed by atoms with Crippen molar-refractivity contribution in [2.45, 2.75) is 25.4 Å². The highest BCUT2D eigenvalue weighted by Crippen LogP contribution is 2.31. The van der Waals surface area contributed by atoms with Gasteiger partial charge in [0.2, 0.25) is 0 Å². The molecule has 0 unspecified atom stereocenters. The Balaban J connectivity index is 1.40. The smallest absolute Gasteiger partial charge is 0.370 e. The molecule has 4 heterocycles. The van der Waals surface area contributed by atoms with E-state index in [4.69, 9.17) is 0 Å². The maximum absolute atomic E-state index is 12.8. The molecule has 0 radical (unpaired) electrons. The summed E-state index contributed by atoms with van der Waals surface area (Å²) in [5.74, 6) is 0. The molecule has 9 heteroatoms. The number of benzene rings is 1. The maximum atomic E-state index is 12.8. The Morgan fingerprint density at radius 3 is 2.53 bits per heavy atom. The van der Waals surface area contributed by atoms with Crippen LogP contribution in [0.1, 0.15) is 30.7 Å². The van der Waals surface area contributed by atoms with E-state index in [1.54, 1.807) is 0 Å². The van der Waals surface area contributed by atoms with Gasteiger partial charge in [-0.1, -0.05) is 12.6 Å². The Morgan fingerprint density at radius 2 is 1.79 bits per heavy atom. The lowest BCUT2D eigenvalue weighted by Crippen LogP contribution is -2.29. The van der Waals surface area contributed by atoms with Crippen molar-refractivity contribution in [3.63, 3.8) is 0 Å². The Kier molecular flexibility index (Phi) is 5.69. The fraction of sp³-hybridized carbons (Fsp3) is 0.240. The van der Waals surface area contributed by atoms with E-state index in [2.05, 4.69) is 43.0 Å². The van der Waals surface area contributed by atoms with E-state index in [0.717, 1.165) is 53.1 Å². The van der Waals surface area contributed by atoms with Gasteiger partial charge in [0.25, 0.3) is 0 Å². The van der Waals surface area contributed by atoms with Gasteiger partial charge in [0.1, 0.15) is 11.4 Å². The van der Waals surface area contributed by atoms with Gasteiger partial charge in [-0.3, -0.25) is 10.1 Å². The van der Waals surface area contributed by atoms with Crippen molar-refractivity contribution in [3.8, 4) is 11.1 Å². The minimum Gasteiger partial charge on any atom is -0.370 e. The van der Waals surface area contributed by atoms with Crippen LogP contribution in [0.25, 0.3) is 27.7 Å². The van der Waals surface area contributed by atoms with Crippen LogP contribution in [0.15, 0.2) is 61.6 Å². The van der Waals surface area contributed by atoms with E-state index in [1.807, 2.05) is 30.6 Å². The number of halogens is 3. The third-order valence-electron chi connectivity index (χ3n) is 5.98. The number of fused-ring (bicyclic) bond motifs is 1. The number of hydrogen-bond acceptors (Lipinski definition) is 5. The second-order valence-electron chi connectivity index (χ2n) is 8.35. The number of H-pyrrole nitrogens is 1. The van der Waals surface area contributed by atoms with Crippen molar-refractivity contribution in [1.29, 1.82) is 0 Å². The van der Waals surface area contributed by atoms with Gasteiger partial charge in [-0.05, 0) is 55.2 Å². The number of piperidine rings is 1. The molecule has 1 saturated heterocycles. The van der Waals surface area contributed by atoms with Crippen LogP contribution in [0.3, 0.4) is 0 Å². The summed E-state index contributed by atoms with van der Waals surface area (Å²) >= 11 is 0. The number of nitrogens with zero attached hydrogens (tertiary/aromatic N) is 4. The molecule has 1 aliphatic heterocycles. The number of alkyl halides is 3. The van der Waals surface area contributed by atoms with Crippen LogP contribution < -0.4 is 10.2 Å². The summed E-state index contributed by atoms with van der Waals surface area (Å²) in [6, 6.07) is 10.4. The molecule has 0 atom stereocenters. The molecule has 4 aromatic rings. The number of aromatic amines is 1. The molecule has 6 nitrogen and oxygen atoms in total. The summed E-state index contributed by atoms with van der Waals surface area (Å²) in [5, 5.41) is 11.2. The number of aromatic nitrogens is 4. The van der Waals surface area contributed by atoms with Crippen LogP contribution in [0.2, 0.25) is 0 Å². The van der Waals surface area contributed by atoms with E-state index >= 15 is 0 Å². The summed E-state index contributed by atoms with van der Waals surface area (Å²) in [5.41, 5.74) is 4.41. The molecule has 2 N–H and O–H groups in total. The zero-order valence-electron chi connectivity index (χ0n) is 18.4. The first-order chi connectivity index (χ1) is 16.4. The van der Waals surface area contributed by atoms with Gasteiger partial charge in [0.05, 0.1) is 35.0 Å². The lowest BCUT2D eigenvalue weighted by molar-refractivity contribution is -0.141. The largest absolute Gasteiger partial charge is 0.433 e. The molecule has 0 aliphatic carbocycles. The molecule has 0 bridgehead atoms. The van der Waals surface area contributed by atoms with E-state index in [-0.39, 0.29) is 0 Å². The normalized spacial score (nSPS) is 14.4. The first kappa shape index (κ1) is 21.9. The van der Waals surface area contributed by atoms with Gasteiger partial charge in [0, 0.05) is 30.2 Å².